The normalized spacial score (nSPS) is 20.6. The number of halogens is 3. The number of piperidine rings is 1. The third-order valence-corrected chi connectivity index (χ3v) is 7.98. The van der Waals surface area contributed by atoms with Crippen molar-refractivity contribution >= 4 is 5.91 Å². The fourth-order valence-corrected chi connectivity index (χ4v) is 5.76. The molecule has 39 heavy (non-hydrogen) atoms. The van der Waals surface area contributed by atoms with E-state index < -0.39 is 6.36 Å². The van der Waals surface area contributed by atoms with Crippen LogP contribution in [0.15, 0.2) is 42.6 Å². The summed E-state index contributed by atoms with van der Waals surface area (Å²) < 4.78 is 42.4. The molecule has 214 valence electrons. The molecule has 0 spiro atoms. The molecule has 6 nitrogen and oxygen atoms in total. The maximum atomic E-state index is 13.5. The highest BCUT2D eigenvalue weighted by molar-refractivity contribution is 5.77. The van der Waals surface area contributed by atoms with E-state index in [1.807, 2.05) is 12.3 Å². The van der Waals surface area contributed by atoms with Crippen LogP contribution in [-0.4, -0.2) is 65.8 Å². The summed E-state index contributed by atoms with van der Waals surface area (Å²) in [5.74, 6) is 0.390. The SMILES string of the molecule is CCc1ccc(C(c2ccc(OC(F)(F)F)cc2)N2CCN(C(=O)CC3CCNCC3)C(C(C)(C)C)C2)nc1. The standard InChI is InChI=1S/C30H41F3N4O2/c1-5-21-6-11-25(35-19-21)28(23-7-9-24(10-8-23)39-30(31,32)33)36-16-17-37(26(20-36)29(2,3)4)27(38)18-22-12-14-34-15-13-22/h6-11,19,22,26,28,34H,5,12-18,20H2,1-4H3. The van der Waals surface area contributed by atoms with Gasteiger partial charge in [-0.3, -0.25) is 14.7 Å². The molecule has 4 rings (SSSR count). The van der Waals surface area contributed by atoms with Gasteiger partial charge in [0.25, 0.3) is 0 Å². The maximum absolute atomic E-state index is 13.5. The molecule has 2 unspecified atom stereocenters. The highest BCUT2D eigenvalue weighted by Gasteiger charge is 2.41. The first kappa shape index (κ1) is 29.3. The van der Waals surface area contributed by atoms with Gasteiger partial charge in [0.05, 0.1) is 11.7 Å². The predicted octanol–water partition coefficient (Wildman–Crippen LogP) is 5.58. The molecule has 1 amide bonds. The number of aryl methyl sites for hydroxylation is 1. The number of ether oxygens (including phenoxy) is 1. The molecule has 1 aromatic heterocycles. The number of amides is 1. The maximum Gasteiger partial charge on any atom is 0.573 e. The minimum atomic E-state index is -4.74. The fourth-order valence-electron chi connectivity index (χ4n) is 5.76. The molecule has 2 aliphatic heterocycles. The molecule has 1 N–H and O–H groups in total. The third-order valence-electron chi connectivity index (χ3n) is 7.98. The summed E-state index contributed by atoms with van der Waals surface area (Å²) in [4.78, 5) is 22.7. The van der Waals surface area contributed by atoms with Gasteiger partial charge >= 0.3 is 6.36 Å². The second kappa shape index (κ2) is 12.3. The lowest BCUT2D eigenvalue weighted by molar-refractivity contribution is -0.274. The van der Waals surface area contributed by atoms with Crippen molar-refractivity contribution in [1.82, 2.24) is 20.1 Å². The average Bonchev–Trinajstić information content (AvgIpc) is 2.89. The highest BCUT2D eigenvalue weighted by Crippen LogP contribution is 2.36. The van der Waals surface area contributed by atoms with E-state index in [1.54, 1.807) is 12.1 Å². The first-order valence-corrected chi connectivity index (χ1v) is 14.0. The first-order valence-electron chi connectivity index (χ1n) is 14.0. The van der Waals surface area contributed by atoms with E-state index in [1.165, 1.54) is 12.1 Å². The van der Waals surface area contributed by atoms with Crippen LogP contribution in [0.3, 0.4) is 0 Å². The summed E-state index contributed by atoms with van der Waals surface area (Å²) in [6.07, 6.45) is 0.630. The van der Waals surface area contributed by atoms with Crippen LogP contribution in [0.4, 0.5) is 13.2 Å². The molecule has 2 aromatic rings. The quantitative estimate of drug-likeness (QED) is 0.491. The second-order valence-corrected chi connectivity index (χ2v) is 11.8. The molecule has 1 aromatic carbocycles. The van der Waals surface area contributed by atoms with E-state index in [9.17, 15) is 18.0 Å². The van der Waals surface area contributed by atoms with Gasteiger partial charge < -0.3 is 15.0 Å². The lowest BCUT2D eigenvalue weighted by Gasteiger charge is -2.49. The Hall–Kier alpha value is -2.65. The van der Waals surface area contributed by atoms with Crippen molar-refractivity contribution in [2.75, 3.05) is 32.7 Å². The summed E-state index contributed by atoms with van der Waals surface area (Å²) in [6, 6.07) is 9.87. The van der Waals surface area contributed by atoms with Crippen LogP contribution in [0.25, 0.3) is 0 Å². The van der Waals surface area contributed by atoms with Crippen LogP contribution >= 0.6 is 0 Å². The summed E-state index contributed by atoms with van der Waals surface area (Å²) in [7, 11) is 0. The Bertz CT molecular complexity index is 1080. The van der Waals surface area contributed by atoms with Gasteiger partial charge in [0.15, 0.2) is 0 Å². The number of nitrogens with zero attached hydrogens (tertiary/aromatic N) is 3. The Balaban J connectivity index is 1.60. The zero-order chi connectivity index (χ0) is 28.2. The molecule has 0 bridgehead atoms. The summed E-state index contributed by atoms with van der Waals surface area (Å²) in [5, 5.41) is 3.37. The van der Waals surface area contributed by atoms with Gasteiger partial charge in [-0.15, -0.1) is 13.2 Å². The van der Waals surface area contributed by atoms with Gasteiger partial charge in [-0.25, -0.2) is 0 Å². The van der Waals surface area contributed by atoms with Crippen LogP contribution in [0.1, 0.15) is 69.8 Å². The van der Waals surface area contributed by atoms with E-state index in [0.717, 1.165) is 49.2 Å². The summed E-state index contributed by atoms with van der Waals surface area (Å²) in [5.41, 5.74) is 2.63. The number of nitrogens with one attached hydrogen (secondary N) is 1. The minimum Gasteiger partial charge on any atom is -0.406 e. The van der Waals surface area contributed by atoms with E-state index >= 15 is 0 Å². The molecule has 0 radical (unpaired) electrons. The van der Waals surface area contributed by atoms with Gasteiger partial charge in [-0.05, 0) is 73.0 Å². The van der Waals surface area contributed by atoms with E-state index in [4.69, 9.17) is 4.98 Å². The van der Waals surface area contributed by atoms with Crippen molar-refractivity contribution in [3.8, 4) is 5.75 Å². The second-order valence-electron chi connectivity index (χ2n) is 11.8. The summed E-state index contributed by atoms with van der Waals surface area (Å²) in [6.45, 7) is 12.4. The van der Waals surface area contributed by atoms with E-state index in [2.05, 4.69) is 53.6 Å². The number of carbonyl (C=O) groups excluding carboxylic acids is 1. The highest BCUT2D eigenvalue weighted by atomic mass is 19.4. The first-order chi connectivity index (χ1) is 18.4. The molecule has 9 heteroatoms. The van der Waals surface area contributed by atoms with Crippen molar-refractivity contribution in [3.63, 3.8) is 0 Å². The van der Waals surface area contributed by atoms with Crippen molar-refractivity contribution in [1.29, 1.82) is 0 Å². The molecule has 0 saturated carbocycles. The van der Waals surface area contributed by atoms with Crippen LogP contribution in [0.5, 0.6) is 5.75 Å². The Morgan fingerprint density at radius 2 is 1.77 bits per heavy atom. The van der Waals surface area contributed by atoms with Crippen molar-refractivity contribution in [3.05, 3.63) is 59.4 Å². The van der Waals surface area contributed by atoms with E-state index in [0.29, 0.717) is 32.0 Å². The van der Waals surface area contributed by atoms with Crippen LogP contribution < -0.4 is 10.1 Å². The number of pyridine rings is 1. The molecule has 0 aliphatic carbocycles. The lowest BCUT2D eigenvalue weighted by atomic mass is 9.82. The Morgan fingerprint density at radius 3 is 2.33 bits per heavy atom. The molecule has 2 aliphatic rings. The molecular formula is C30H41F3N4O2. The molecular weight excluding hydrogens is 505 g/mol. The predicted molar refractivity (Wildman–Crippen MR) is 145 cm³/mol. The Labute approximate surface area is 229 Å². The smallest absolute Gasteiger partial charge is 0.406 e. The van der Waals surface area contributed by atoms with Crippen LogP contribution in [-0.2, 0) is 11.2 Å². The van der Waals surface area contributed by atoms with Crippen LogP contribution in [0.2, 0.25) is 0 Å². The Kier molecular flexibility index (Phi) is 9.21. The van der Waals surface area contributed by atoms with Crippen molar-refractivity contribution in [2.45, 2.75) is 71.8 Å². The van der Waals surface area contributed by atoms with Gasteiger partial charge in [0.2, 0.25) is 5.91 Å². The molecule has 2 saturated heterocycles. The minimum absolute atomic E-state index is 0.00860. The third kappa shape index (κ3) is 7.72. The fraction of sp³-hybridized carbons (Fsp3) is 0.600. The lowest BCUT2D eigenvalue weighted by Crippen LogP contribution is -2.60. The molecule has 3 heterocycles. The number of alkyl halides is 3. The Morgan fingerprint density at radius 1 is 1.08 bits per heavy atom. The monoisotopic (exact) mass is 546 g/mol. The van der Waals surface area contributed by atoms with Crippen molar-refractivity contribution in [2.24, 2.45) is 11.3 Å². The topological polar surface area (TPSA) is 57.7 Å². The number of piperazine rings is 1. The van der Waals surface area contributed by atoms with Gasteiger partial charge in [-0.2, -0.15) is 0 Å². The number of benzene rings is 1. The van der Waals surface area contributed by atoms with E-state index in [-0.39, 0.29) is 29.2 Å². The van der Waals surface area contributed by atoms with Gasteiger partial charge in [0, 0.05) is 38.3 Å². The molecule has 2 fully saturated rings. The number of hydrogen-bond acceptors (Lipinski definition) is 5. The number of rotatable bonds is 7. The number of aromatic nitrogens is 1. The van der Waals surface area contributed by atoms with Crippen LogP contribution in [0, 0.1) is 11.3 Å². The number of carbonyl (C=O) groups is 1. The zero-order valence-electron chi connectivity index (χ0n) is 23.4. The van der Waals surface area contributed by atoms with Crippen molar-refractivity contribution < 1.29 is 22.7 Å². The molecule has 2 atom stereocenters. The van der Waals surface area contributed by atoms with Gasteiger partial charge in [-0.1, -0.05) is 45.9 Å². The zero-order valence-corrected chi connectivity index (χ0v) is 23.4. The summed E-state index contributed by atoms with van der Waals surface area (Å²) >= 11 is 0. The average molecular weight is 547 g/mol. The van der Waals surface area contributed by atoms with Gasteiger partial charge in [0.1, 0.15) is 5.75 Å². The number of hydrogen-bond donors (Lipinski definition) is 1. The largest absolute Gasteiger partial charge is 0.573 e.